The van der Waals surface area contributed by atoms with Gasteiger partial charge in [-0.25, -0.2) is 9.97 Å². The number of nitrogens with zero attached hydrogens (tertiary/aromatic N) is 4. The van der Waals surface area contributed by atoms with Gasteiger partial charge in [0, 0.05) is 37.1 Å². The standard InChI is InChI=1S/C26H26N4O4/c31-25-20-3-1-2-4-21(20)26(32)30(25)17-5-7-19(8-6-17)34-24-14-18(29-9-11-33-12-10-29)13-23-22(24)15-27-16-28-23/h1-4,13-17,19H,5-12H2/t17-,19+. The summed E-state index contributed by atoms with van der Waals surface area (Å²) in [5.74, 6) is 0.432. The van der Waals surface area contributed by atoms with Gasteiger partial charge in [-0.15, -0.1) is 0 Å². The summed E-state index contributed by atoms with van der Waals surface area (Å²) in [6.45, 7) is 3.09. The molecule has 2 aromatic carbocycles. The van der Waals surface area contributed by atoms with Crippen molar-refractivity contribution >= 4 is 28.4 Å². The maximum absolute atomic E-state index is 12.9. The molecule has 34 heavy (non-hydrogen) atoms. The summed E-state index contributed by atoms with van der Waals surface area (Å²) >= 11 is 0. The van der Waals surface area contributed by atoms with Crippen molar-refractivity contribution in [2.75, 3.05) is 31.2 Å². The molecule has 174 valence electrons. The monoisotopic (exact) mass is 458 g/mol. The Morgan fingerprint density at radius 3 is 2.35 bits per heavy atom. The van der Waals surface area contributed by atoms with Crippen LogP contribution in [0.1, 0.15) is 46.4 Å². The molecule has 3 aliphatic rings. The number of amides is 2. The summed E-state index contributed by atoms with van der Waals surface area (Å²) in [4.78, 5) is 38.1. The fraction of sp³-hybridized carbons (Fsp3) is 0.385. The molecule has 6 rings (SSSR count). The van der Waals surface area contributed by atoms with E-state index in [0.717, 1.165) is 61.1 Å². The van der Waals surface area contributed by atoms with Crippen LogP contribution >= 0.6 is 0 Å². The van der Waals surface area contributed by atoms with Crippen LogP contribution < -0.4 is 9.64 Å². The molecule has 3 aromatic rings. The molecule has 8 heteroatoms. The minimum atomic E-state index is -0.175. The molecule has 2 fully saturated rings. The van der Waals surface area contributed by atoms with Crippen LogP contribution in [0.3, 0.4) is 0 Å². The van der Waals surface area contributed by atoms with E-state index < -0.39 is 0 Å². The van der Waals surface area contributed by atoms with Gasteiger partial charge in [-0.1, -0.05) is 12.1 Å². The topological polar surface area (TPSA) is 84.9 Å². The number of aromatic nitrogens is 2. The fourth-order valence-corrected chi connectivity index (χ4v) is 5.28. The van der Waals surface area contributed by atoms with Gasteiger partial charge in [0.25, 0.3) is 11.8 Å². The zero-order valence-corrected chi connectivity index (χ0v) is 18.9. The number of anilines is 1. The average molecular weight is 459 g/mol. The SMILES string of the molecule is O=C1c2ccccc2C(=O)N1[C@H]1CC[C@@H](Oc2cc(N3CCOCC3)cc3ncncc23)CC1. The fourth-order valence-electron chi connectivity index (χ4n) is 5.28. The smallest absolute Gasteiger partial charge is 0.261 e. The second-order valence-electron chi connectivity index (χ2n) is 9.07. The summed E-state index contributed by atoms with van der Waals surface area (Å²) in [5.41, 5.74) is 2.95. The first-order valence-corrected chi connectivity index (χ1v) is 11.9. The molecule has 0 unspecified atom stereocenters. The van der Waals surface area contributed by atoms with E-state index in [2.05, 4.69) is 27.0 Å². The minimum absolute atomic E-state index is 0.00905. The van der Waals surface area contributed by atoms with Crippen molar-refractivity contribution in [1.29, 1.82) is 0 Å². The number of morpholine rings is 1. The molecule has 2 aliphatic heterocycles. The molecule has 0 N–H and O–H groups in total. The van der Waals surface area contributed by atoms with Gasteiger partial charge in [-0.2, -0.15) is 0 Å². The quantitative estimate of drug-likeness (QED) is 0.554. The zero-order chi connectivity index (χ0) is 23.1. The molecule has 2 amide bonds. The Morgan fingerprint density at radius 1 is 0.941 bits per heavy atom. The highest BCUT2D eigenvalue weighted by Gasteiger charge is 2.41. The number of benzene rings is 2. The van der Waals surface area contributed by atoms with Crippen molar-refractivity contribution in [2.45, 2.75) is 37.8 Å². The summed E-state index contributed by atoms with van der Waals surface area (Å²) in [7, 11) is 0. The first kappa shape index (κ1) is 21.0. The molecular weight excluding hydrogens is 432 g/mol. The van der Waals surface area contributed by atoms with Crippen molar-refractivity contribution in [3.05, 3.63) is 60.0 Å². The number of rotatable bonds is 4. The second kappa shape index (κ2) is 8.68. The third-order valence-electron chi connectivity index (χ3n) is 7.08. The Morgan fingerprint density at radius 2 is 1.65 bits per heavy atom. The normalized spacial score (nSPS) is 22.8. The summed E-state index contributed by atoms with van der Waals surface area (Å²) in [6.07, 6.45) is 6.37. The van der Waals surface area contributed by atoms with E-state index in [1.54, 1.807) is 36.8 Å². The number of carbonyl (C=O) groups excluding carboxylic acids is 2. The summed E-state index contributed by atoms with van der Waals surface area (Å²) in [5, 5.41) is 0.891. The van der Waals surface area contributed by atoms with Crippen LogP contribution in [-0.4, -0.2) is 65.1 Å². The van der Waals surface area contributed by atoms with Crippen molar-refractivity contribution in [2.24, 2.45) is 0 Å². The molecule has 1 aliphatic carbocycles. The van der Waals surface area contributed by atoms with Gasteiger partial charge >= 0.3 is 0 Å². The maximum atomic E-state index is 12.9. The Labute approximate surface area is 197 Å². The predicted molar refractivity (Wildman–Crippen MR) is 126 cm³/mol. The molecule has 0 spiro atoms. The van der Waals surface area contributed by atoms with Gasteiger partial charge in [0.1, 0.15) is 12.1 Å². The van der Waals surface area contributed by atoms with Gasteiger partial charge < -0.3 is 14.4 Å². The zero-order valence-electron chi connectivity index (χ0n) is 18.9. The highest BCUT2D eigenvalue weighted by atomic mass is 16.5. The van der Waals surface area contributed by atoms with E-state index >= 15 is 0 Å². The lowest BCUT2D eigenvalue weighted by atomic mass is 9.91. The van der Waals surface area contributed by atoms with E-state index in [1.807, 2.05) is 0 Å². The van der Waals surface area contributed by atoms with Crippen molar-refractivity contribution in [3.63, 3.8) is 0 Å². The van der Waals surface area contributed by atoms with Gasteiger partial charge in [-0.05, 0) is 43.9 Å². The highest BCUT2D eigenvalue weighted by molar-refractivity contribution is 6.21. The van der Waals surface area contributed by atoms with E-state index in [1.165, 1.54) is 4.90 Å². The van der Waals surface area contributed by atoms with Crippen molar-refractivity contribution in [3.8, 4) is 5.75 Å². The summed E-state index contributed by atoms with van der Waals surface area (Å²) in [6, 6.07) is 11.1. The predicted octanol–water partition coefficient (Wildman–Crippen LogP) is 3.45. The molecule has 3 heterocycles. The Hall–Kier alpha value is -3.52. The van der Waals surface area contributed by atoms with Gasteiger partial charge in [0.05, 0.1) is 41.3 Å². The van der Waals surface area contributed by atoms with Crippen LogP contribution in [0.15, 0.2) is 48.9 Å². The van der Waals surface area contributed by atoms with E-state index in [9.17, 15) is 9.59 Å². The lowest BCUT2D eigenvalue weighted by Crippen LogP contribution is -2.43. The molecule has 8 nitrogen and oxygen atoms in total. The highest BCUT2D eigenvalue weighted by Crippen LogP contribution is 2.36. The molecular formula is C26H26N4O4. The number of imide groups is 1. The lowest BCUT2D eigenvalue weighted by molar-refractivity contribution is 0.0480. The molecule has 0 radical (unpaired) electrons. The first-order valence-electron chi connectivity index (χ1n) is 11.9. The minimum Gasteiger partial charge on any atom is -0.490 e. The Kier molecular flexibility index (Phi) is 5.37. The first-order chi connectivity index (χ1) is 16.7. The molecule has 1 saturated carbocycles. The van der Waals surface area contributed by atoms with E-state index in [0.29, 0.717) is 24.3 Å². The number of ether oxygens (including phenoxy) is 2. The molecule has 1 aromatic heterocycles. The van der Waals surface area contributed by atoms with Gasteiger partial charge in [0.2, 0.25) is 0 Å². The van der Waals surface area contributed by atoms with Crippen molar-refractivity contribution < 1.29 is 19.1 Å². The van der Waals surface area contributed by atoms with Gasteiger partial charge in [0.15, 0.2) is 0 Å². The number of hydrogen-bond donors (Lipinski definition) is 0. The van der Waals surface area contributed by atoms with Crippen LogP contribution in [0.25, 0.3) is 10.9 Å². The third-order valence-corrected chi connectivity index (χ3v) is 7.08. The van der Waals surface area contributed by atoms with Crippen LogP contribution in [0.2, 0.25) is 0 Å². The van der Waals surface area contributed by atoms with Crippen LogP contribution in [0.4, 0.5) is 5.69 Å². The summed E-state index contributed by atoms with van der Waals surface area (Å²) < 4.78 is 12.0. The second-order valence-corrected chi connectivity index (χ2v) is 9.07. The van der Waals surface area contributed by atoms with Crippen LogP contribution in [0, 0.1) is 0 Å². The van der Waals surface area contributed by atoms with Crippen LogP contribution in [0.5, 0.6) is 5.75 Å². The van der Waals surface area contributed by atoms with E-state index in [4.69, 9.17) is 9.47 Å². The third kappa shape index (κ3) is 3.68. The maximum Gasteiger partial charge on any atom is 0.261 e. The number of hydrogen-bond acceptors (Lipinski definition) is 7. The van der Waals surface area contributed by atoms with Crippen LogP contribution in [-0.2, 0) is 4.74 Å². The van der Waals surface area contributed by atoms with E-state index in [-0.39, 0.29) is 24.0 Å². The van der Waals surface area contributed by atoms with Crippen molar-refractivity contribution in [1.82, 2.24) is 14.9 Å². The molecule has 1 saturated heterocycles. The van der Waals surface area contributed by atoms with Gasteiger partial charge in [-0.3, -0.25) is 14.5 Å². The molecule has 0 bridgehead atoms. The Bertz CT molecular complexity index is 1210. The number of carbonyl (C=O) groups is 2. The number of fused-ring (bicyclic) bond motifs is 2. The lowest BCUT2D eigenvalue weighted by Gasteiger charge is -2.34. The average Bonchev–Trinajstić information content (AvgIpc) is 3.15. The largest absolute Gasteiger partial charge is 0.490 e. The Balaban J connectivity index is 1.18. The molecule has 0 atom stereocenters.